The number of hydrogen-bond donors (Lipinski definition) is 1. The zero-order chi connectivity index (χ0) is 15.5. The lowest BCUT2D eigenvalue weighted by Gasteiger charge is -2.37. The van der Waals surface area contributed by atoms with E-state index in [1.54, 1.807) is 18.2 Å². The molecule has 0 spiro atoms. The first-order valence-corrected chi connectivity index (χ1v) is 7.23. The maximum Gasteiger partial charge on any atom is 0.228 e. The molecule has 1 amide bonds. The average molecular weight is 281 g/mol. The molecule has 1 unspecified atom stereocenters. The van der Waals surface area contributed by atoms with E-state index in [0.717, 1.165) is 19.3 Å². The van der Waals surface area contributed by atoms with Crippen LogP contribution < -0.4 is 5.32 Å². The zero-order valence-electron chi connectivity index (χ0n) is 12.4. The van der Waals surface area contributed by atoms with Crippen LogP contribution in [0.25, 0.3) is 0 Å². The van der Waals surface area contributed by atoms with E-state index in [1.807, 2.05) is 12.1 Å². The Morgan fingerprint density at radius 2 is 1.95 bits per heavy atom. The predicted octanol–water partition coefficient (Wildman–Crippen LogP) is 3.58. The van der Waals surface area contributed by atoms with Crippen LogP contribution in [0, 0.1) is 34.0 Å². The van der Waals surface area contributed by atoms with Gasteiger partial charge in [-0.25, -0.2) is 0 Å². The molecule has 0 aliphatic heterocycles. The van der Waals surface area contributed by atoms with E-state index < -0.39 is 0 Å². The van der Waals surface area contributed by atoms with Gasteiger partial charge in [0, 0.05) is 11.6 Å². The third-order valence-corrected chi connectivity index (χ3v) is 4.35. The van der Waals surface area contributed by atoms with Gasteiger partial charge in [-0.3, -0.25) is 4.79 Å². The Hall–Kier alpha value is -2.33. The van der Waals surface area contributed by atoms with E-state index in [-0.39, 0.29) is 17.2 Å². The fourth-order valence-electron chi connectivity index (χ4n) is 3.02. The van der Waals surface area contributed by atoms with Gasteiger partial charge in [-0.05, 0) is 36.5 Å². The summed E-state index contributed by atoms with van der Waals surface area (Å²) in [5, 5.41) is 20.8. The van der Waals surface area contributed by atoms with Crippen LogP contribution in [-0.2, 0) is 4.79 Å². The minimum absolute atomic E-state index is 0.00693. The van der Waals surface area contributed by atoms with E-state index in [0.29, 0.717) is 16.8 Å². The van der Waals surface area contributed by atoms with Crippen LogP contribution in [0.5, 0.6) is 0 Å². The molecule has 2 rings (SSSR count). The molecule has 1 aliphatic carbocycles. The molecule has 1 aromatic rings. The normalized spacial score (nSPS) is 20.1. The minimum atomic E-state index is -0.00701. The van der Waals surface area contributed by atoms with Gasteiger partial charge in [0.05, 0.1) is 11.1 Å². The van der Waals surface area contributed by atoms with Crippen molar-refractivity contribution < 1.29 is 4.79 Å². The van der Waals surface area contributed by atoms with Crippen molar-refractivity contribution in [3.05, 3.63) is 29.3 Å². The van der Waals surface area contributed by atoms with Gasteiger partial charge in [0.1, 0.15) is 12.1 Å². The Bertz CT molecular complexity index is 634. The Balaban J connectivity index is 2.17. The number of carbonyl (C=O) groups excluding carboxylic acids is 1. The molecule has 0 aromatic heterocycles. The number of carbonyl (C=O) groups is 1. The number of nitrogens with zero attached hydrogens (tertiary/aromatic N) is 2. The molecule has 4 heteroatoms. The van der Waals surface area contributed by atoms with Crippen LogP contribution in [0.2, 0.25) is 0 Å². The lowest BCUT2D eigenvalue weighted by atomic mass is 9.68. The molecule has 21 heavy (non-hydrogen) atoms. The summed E-state index contributed by atoms with van der Waals surface area (Å²) in [6, 6.07) is 8.76. The molecule has 0 radical (unpaired) electrons. The van der Waals surface area contributed by atoms with Gasteiger partial charge in [-0.15, -0.1) is 0 Å². The standard InChI is InChI=1S/C17H19N3O/c1-17(2)8-4-3-5-15(17)16(21)20-14-7-6-12(10-18)13(9-14)11-19/h6-7,9,15H,3-5,8H2,1-2H3,(H,20,21). The summed E-state index contributed by atoms with van der Waals surface area (Å²) in [5.41, 5.74) is 1.20. The van der Waals surface area contributed by atoms with Crippen LogP contribution in [0.15, 0.2) is 18.2 Å². The molecule has 1 aliphatic rings. The number of amides is 1. The van der Waals surface area contributed by atoms with Crippen LogP contribution in [0.1, 0.15) is 50.7 Å². The largest absolute Gasteiger partial charge is 0.326 e. The van der Waals surface area contributed by atoms with E-state index in [4.69, 9.17) is 10.5 Å². The fourth-order valence-corrected chi connectivity index (χ4v) is 3.02. The first-order valence-electron chi connectivity index (χ1n) is 7.23. The third kappa shape index (κ3) is 3.23. The van der Waals surface area contributed by atoms with Crippen LogP contribution in [0.4, 0.5) is 5.69 Å². The van der Waals surface area contributed by atoms with E-state index in [2.05, 4.69) is 19.2 Å². The highest BCUT2D eigenvalue weighted by molar-refractivity contribution is 5.93. The topological polar surface area (TPSA) is 76.7 Å². The Morgan fingerprint density at radius 3 is 2.57 bits per heavy atom. The molecule has 0 saturated heterocycles. The number of nitriles is 2. The predicted molar refractivity (Wildman–Crippen MR) is 80.2 cm³/mol. The number of nitrogens with one attached hydrogen (secondary N) is 1. The van der Waals surface area contributed by atoms with Gasteiger partial charge < -0.3 is 5.32 Å². The van der Waals surface area contributed by atoms with Crippen LogP contribution in [0.3, 0.4) is 0 Å². The smallest absolute Gasteiger partial charge is 0.228 e. The Kier molecular flexibility index (Phi) is 4.29. The zero-order valence-corrected chi connectivity index (χ0v) is 12.4. The lowest BCUT2D eigenvalue weighted by molar-refractivity contribution is -0.124. The maximum atomic E-state index is 12.5. The number of rotatable bonds is 2. The maximum absolute atomic E-state index is 12.5. The summed E-state index contributed by atoms with van der Waals surface area (Å²) in [5.74, 6) is 0.000673. The summed E-state index contributed by atoms with van der Waals surface area (Å²) in [4.78, 5) is 12.5. The fraction of sp³-hybridized carbons (Fsp3) is 0.471. The highest BCUT2D eigenvalue weighted by Gasteiger charge is 2.37. The molecule has 1 fully saturated rings. The van der Waals surface area contributed by atoms with Crippen molar-refractivity contribution in [3.8, 4) is 12.1 Å². The van der Waals surface area contributed by atoms with Crippen molar-refractivity contribution in [3.63, 3.8) is 0 Å². The van der Waals surface area contributed by atoms with E-state index in [9.17, 15) is 4.79 Å². The summed E-state index contributed by atoms with van der Waals surface area (Å²) in [6.45, 7) is 4.27. The molecule has 4 nitrogen and oxygen atoms in total. The van der Waals surface area contributed by atoms with Gasteiger partial charge in [0.2, 0.25) is 5.91 Å². The molecule has 0 bridgehead atoms. The summed E-state index contributed by atoms with van der Waals surface area (Å²) >= 11 is 0. The SMILES string of the molecule is CC1(C)CCCCC1C(=O)Nc1ccc(C#N)c(C#N)c1. The molecule has 1 aromatic carbocycles. The van der Waals surface area contributed by atoms with Crippen molar-refractivity contribution in [1.29, 1.82) is 10.5 Å². The second kappa shape index (κ2) is 5.97. The minimum Gasteiger partial charge on any atom is -0.326 e. The van der Waals surface area contributed by atoms with Gasteiger partial charge in [0.25, 0.3) is 0 Å². The number of hydrogen-bond acceptors (Lipinski definition) is 3. The second-order valence-corrected chi connectivity index (χ2v) is 6.26. The van der Waals surface area contributed by atoms with Gasteiger partial charge in [0.15, 0.2) is 0 Å². The third-order valence-electron chi connectivity index (χ3n) is 4.35. The lowest BCUT2D eigenvalue weighted by Crippen LogP contribution is -2.37. The van der Waals surface area contributed by atoms with E-state index in [1.165, 1.54) is 6.42 Å². The van der Waals surface area contributed by atoms with E-state index >= 15 is 0 Å². The molecule has 1 N–H and O–H groups in total. The van der Waals surface area contributed by atoms with Crippen LogP contribution in [-0.4, -0.2) is 5.91 Å². The van der Waals surface area contributed by atoms with Gasteiger partial charge >= 0.3 is 0 Å². The van der Waals surface area contributed by atoms with Crippen molar-refractivity contribution >= 4 is 11.6 Å². The number of anilines is 1. The molecule has 1 atom stereocenters. The highest BCUT2D eigenvalue weighted by atomic mass is 16.1. The second-order valence-electron chi connectivity index (χ2n) is 6.26. The Labute approximate surface area is 125 Å². The first-order chi connectivity index (χ1) is 9.97. The summed E-state index contributed by atoms with van der Waals surface area (Å²) in [6.07, 6.45) is 4.21. The number of benzene rings is 1. The van der Waals surface area contributed by atoms with Gasteiger partial charge in [-0.1, -0.05) is 26.7 Å². The average Bonchev–Trinajstić information content (AvgIpc) is 2.46. The molecular weight excluding hydrogens is 262 g/mol. The first kappa shape index (κ1) is 15.1. The Morgan fingerprint density at radius 1 is 1.24 bits per heavy atom. The monoisotopic (exact) mass is 281 g/mol. The van der Waals surface area contributed by atoms with Crippen molar-refractivity contribution in [1.82, 2.24) is 0 Å². The molecular formula is C17H19N3O. The van der Waals surface area contributed by atoms with Crippen molar-refractivity contribution in [2.45, 2.75) is 39.5 Å². The quantitative estimate of drug-likeness (QED) is 0.900. The highest BCUT2D eigenvalue weighted by Crippen LogP contribution is 2.41. The molecule has 0 heterocycles. The van der Waals surface area contributed by atoms with Crippen molar-refractivity contribution in [2.24, 2.45) is 11.3 Å². The summed E-state index contributed by atoms with van der Waals surface area (Å²) < 4.78 is 0. The van der Waals surface area contributed by atoms with Crippen LogP contribution >= 0.6 is 0 Å². The molecule has 108 valence electrons. The summed E-state index contributed by atoms with van der Waals surface area (Å²) in [7, 11) is 0. The van der Waals surface area contributed by atoms with Crippen molar-refractivity contribution in [2.75, 3.05) is 5.32 Å². The molecule has 1 saturated carbocycles. The van der Waals surface area contributed by atoms with Gasteiger partial charge in [-0.2, -0.15) is 10.5 Å².